The van der Waals surface area contributed by atoms with Gasteiger partial charge in [-0.15, -0.1) is 0 Å². The van der Waals surface area contributed by atoms with Crippen LogP contribution in [0.25, 0.3) is 0 Å². The summed E-state index contributed by atoms with van der Waals surface area (Å²) in [5.74, 6) is -0.675. The van der Waals surface area contributed by atoms with Crippen LogP contribution < -0.4 is 0 Å². The van der Waals surface area contributed by atoms with Crippen LogP contribution in [0, 0.1) is 0 Å². The molecule has 0 heterocycles. The molecule has 62 valence electrons. The van der Waals surface area contributed by atoms with Gasteiger partial charge in [-0.05, 0) is 6.42 Å². The van der Waals surface area contributed by atoms with Crippen molar-refractivity contribution in [3.05, 3.63) is 0 Å². The molecule has 0 atom stereocenters. The van der Waals surface area contributed by atoms with E-state index in [0.717, 1.165) is 19.3 Å². The number of unbranched alkanes of at least 4 members (excludes halogenated alkanes) is 3. The zero-order valence-electron chi connectivity index (χ0n) is 6.39. The predicted octanol–water partition coefficient (Wildman–Crippen LogP) is 2.15. The van der Waals surface area contributed by atoms with Crippen molar-refractivity contribution in [3.8, 4) is 0 Å². The van der Waals surface area contributed by atoms with E-state index in [2.05, 4.69) is 6.92 Å². The summed E-state index contributed by atoms with van der Waals surface area (Å²) in [6.45, 7) is 2.11. The third kappa shape index (κ3) is 10.7. The minimum Gasteiger partial charge on any atom is -0.481 e. The van der Waals surface area contributed by atoms with Crippen LogP contribution >= 0.6 is 13.5 Å². The average Bonchev–Trinajstić information content (AvgIpc) is 1.80. The zero-order valence-corrected chi connectivity index (χ0v) is 7.39. The molecule has 0 fully saturated rings. The summed E-state index contributed by atoms with van der Waals surface area (Å²) in [7, 11) is 0. The Kier molecular flexibility index (Phi) is 11.0. The molecule has 0 bridgehead atoms. The normalized spacial score (nSPS) is 8.50. The fourth-order valence-electron chi connectivity index (χ4n) is 0.703. The van der Waals surface area contributed by atoms with Gasteiger partial charge < -0.3 is 5.11 Å². The molecule has 0 aromatic heterocycles. The maximum absolute atomic E-state index is 9.96. The van der Waals surface area contributed by atoms with Crippen LogP contribution in [-0.2, 0) is 4.79 Å². The molecule has 0 rings (SSSR count). The molecule has 3 heteroatoms. The summed E-state index contributed by atoms with van der Waals surface area (Å²) < 4.78 is 0. The van der Waals surface area contributed by atoms with Gasteiger partial charge in [0.1, 0.15) is 0 Å². The first-order chi connectivity index (χ1) is 4.27. The van der Waals surface area contributed by atoms with E-state index < -0.39 is 5.97 Å². The van der Waals surface area contributed by atoms with Crippen molar-refractivity contribution in [3.63, 3.8) is 0 Å². The van der Waals surface area contributed by atoms with Crippen LogP contribution in [0.15, 0.2) is 0 Å². The van der Waals surface area contributed by atoms with Crippen molar-refractivity contribution in [2.24, 2.45) is 0 Å². The lowest BCUT2D eigenvalue weighted by atomic mass is 10.2. The van der Waals surface area contributed by atoms with E-state index >= 15 is 0 Å². The molecule has 1 N–H and O–H groups in total. The molecule has 0 aliphatic rings. The monoisotopic (exact) mass is 164 g/mol. The number of aliphatic carboxylic acids is 1. The van der Waals surface area contributed by atoms with Gasteiger partial charge in [0, 0.05) is 6.42 Å². The van der Waals surface area contributed by atoms with Gasteiger partial charge >= 0.3 is 5.97 Å². The lowest BCUT2D eigenvalue weighted by Gasteiger charge is -1.92. The van der Waals surface area contributed by atoms with Crippen LogP contribution in [0.2, 0.25) is 0 Å². The summed E-state index contributed by atoms with van der Waals surface area (Å²) in [6, 6.07) is 0. The highest BCUT2D eigenvalue weighted by molar-refractivity contribution is 7.59. The maximum Gasteiger partial charge on any atom is 0.303 e. The van der Waals surface area contributed by atoms with E-state index in [9.17, 15) is 4.79 Å². The Morgan fingerprint density at radius 1 is 1.30 bits per heavy atom. The Labute approximate surface area is 69.1 Å². The Morgan fingerprint density at radius 2 is 1.90 bits per heavy atom. The molecule has 0 radical (unpaired) electrons. The van der Waals surface area contributed by atoms with Crippen molar-refractivity contribution in [2.45, 2.75) is 39.0 Å². The number of hydrogen-bond acceptors (Lipinski definition) is 1. The third-order valence-corrected chi connectivity index (χ3v) is 1.24. The van der Waals surface area contributed by atoms with Crippen LogP contribution in [0.5, 0.6) is 0 Å². The first-order valence-electron chi connectivity index (χ1n) is 3.49. The van der Waals surface area contributed by atoms with Gasteiger partial charge in [-0.25, -0.2) is 0 Å². The Hall–Kier alpha value is -0.180. The molecule has 10 heavy (non-hydrogen) atoms. The summed E-state index contributed by atoms with van der Waals surface area (Å²) in [5, 5.41) is 8.21. The highest BCUT2D eigenvalue weighted by Gasteiger charge is 1.93. The van der Waals surface area contributed by atoms with Gasteiger partial charge in [0.2, 0.25) is 0 Å². The van der Waals surface area contributed by atoms with Crippen molar-refractivity contribution >= 4 is 19.5 Å². The second-order valence-corrected chi connectivity index (χ2v) is 2.20. The smallest absolute Gasteiger partial charge is 0.303 e. The van der Waals surface area contributed by atoms with E-state index in [0.29, 0.717) is 6.42 Å². The lowest BCUT2D eigenvalue weighted by Crippen LogP contribution is -1.92. The van der Waals surface area contributed by atoms with Crippen LogP contribution in [0.4, 0.5) is 0 Å². The van der Waals surface area contributed by atoms with E-state index in [1.165, 1.54) is 6.42 Å². The fraction of sp³-hybridized carbons (Fsp3) is 0.857. The minimum atomic E-state index is -0.675. The van der Waals surface area contributed by atoms with Gasteiger partial charge in [0.05, 0.1) is 0 Å². The van der Waals surface area contributed by atoms with Gasteiger partial charge in [-0.1, -0.05) is 26.2 Å². The van der Waals surface area contributed by atoms with Crippen molar-refractivity contribution in [1.82, 2.24) is 0 Å². The van der Waals surface area contributed by atoms with Gasteiger partial charge in [-0.2, -0.15) is 13.5 Å². The molecule has 0 saturated carbocycles. The summed E-state index contributed by atoms with van der Waals surface area (Å²) in [6.07, 6.45) is 4.55. The molecule has 0 aliphatic heterocycles. The highest BCUT2D eigenvalue weighted by atomic mass is 32.1. The van der Waals surface area contributed by atoms with E-state index in [4.69, 9.17) is 5.11 Å². The third-order valence-electron chi connectivity index (χ3n) is 1.24. The molecule has 0 aliphatic carbocycles. The Bertz CT molecular complexity index is 83.7. The van der Waals surface area contributed by atoms with Crippen LogP contribution in [0.1, 0.15) is 39.0 Å². The largest absolute Gasteiger partial charge is 0.481 e. The number of hydrogen-bond donors (Lipinski definition) is 1. The number of rotatable bonds is 5. The second kappa shape index (κ2) is 8.82. The van der Waals surface area contributed by atoms with Gasteiger partial charge in [0.25, 0.3) is 0 Å². The molecule has 2 nitrogen and oxygen atoms in total. The Morgan fingerprint density at radius 3 is 2.30 bits per heavy atom. The fourth-order valence-corrected chi connectivity index (χ4v) is 0.703. The van der Waals surface area contributed by atoms with Crippen molar-refractivity contribution in [1.29, 1.82) is 0 Å². The second-order valence-electron chi connectivity index (χ2n) is 2.20. The van der Waals surface area contributed by atoms with Crippen molar-refractivity contribution in [2.75, 3.05) is 0 Å². The number of carboxylic acid groups (broad SMARTS) is 1. The Balaban J connectivity index is 0. The average molecular weight is 164 g/mol. The minimum absolute atomic E-state index is 0. The van der Waals surface area contributed by atoms with Crippen LogP contribution in [0.3, 0.4) is 0 Å². The molecular weight excluding hydrogens is 148 g/mol. The number of carbonyl (C=O) groups is 1. The van der Waals surface area contributed by atoms with Crippen molar-refractivity contribution < 1.29 is 9.90 Å². The predicted molar refractivity (Wildman–Crippen MR) is 46.8 cm³/mol. The maximum atomic E-state index is 9.96. The van der Waals surface area contributed by atoms with Gasteiger partial charge in [-0.3, -0.25) is 4.79 Å². The van der Waals surface area contributed by atoms with Crippen LogP contribution in [-0.4, -0.2) is 11.1 Å². The molecule has 0 amide bonds. The molecule has 0 spiro atoms. The molecule has 0 saturated heterocycles. The lowest BCUT2D eigenvalue weighted by molar-refractivity contribution is -0.137. The topological polar surface area (TPSA) is 37.3 Å². The van der Waals surface area contributed by atoms with Gasteiger partial charge in [0.15, 0.2) is 0 Å². The summed E-state index contributed by atoms with van der Waals surface area (Å²) in [4.78, 5) is 9.96. The van der Waals surface area contributed by atoms with E-state index in [1.807, 2.05) is 0 Å². The van der Waals surface area contributed by atoms with E-state index in [-0.39, 0.29) is 13.5 Å². The molecule has 0 aromatic rings. The standard InChI is InChI=1S/C7H14O2.H2S/c1-2-3-4-5-6-7(8)9;/h2-6H2,1H3,(H,8,9);1H2. The first kappa shape index (κ1) is 12.5. The number of carboxylic acids is 1. The molecule has 0 aromatic carbocycles. The summed E-state index contributed by atoms with van der Waals surface area (Å²) in [5.41, 5.74) is 0. The zero-order chi connectivity index (χ0) is 7.11. The van der Waals surface area contributed by atoms with E-state index in [1.54, 1.807) is 0 Å². The molecule has 0 unspecified atom stereocenters. The summed E-state index contributed by atoms with van der Waals surface area (Å²) >= 11 is 0. The first-order valence-corrected chi connectivity index (χ1v) is 3.49. The highest BCUT2D eigenvalue weighted by Crippen LogP contribution is 2.01. The molecular formula is C7H16O2S. The quantitative estimate of drug-likeness (QED) is 0.632. The SMILES string of the molecule is CCCCCCC(=O)O.S.